The summed E-state index contributed by atoms with van der Waals surface area (Å²) >= 11 is 0. The highest BCUT2D eigenvalue weighted by Gasteiger charge is 2.57. The van der Waals surface area contributed by atoms with E-state index in [4.69, 9.17) is 4.74 Å². The van der Waals surface area contributed by atoms with Crippen LogP contribution >= 0.6 is 0 Å². The molecule has 1 aromatic carbocycles. The average molecular weight is 383 g/mol. The van der Waals surface area contributed by atoms with Crippen molar-refractivity contribution in [2.75, 3.05) is 6.26 Å². The number of hydrogen-bond acceptors (Lipinski definition) is 4. The monoisotopic (exact) mass is 383 g/mol. The zero-order valence-electron chi connectivity index (χ0n) is 15.8. The number of benzene rings is 1. The summed E-state index contributed by atoms with van der Waals surface area (Å²) in [4.78, 5) is 11.9. The summed E-state index contributed by atoms with van der Waals surface area (Å²) in [6.07, 6.45) is 3.05. The molecular formula is C19H26FNO4S. The number of carbonyl (C=O) groups is 1. The Morgan fingerprint density at radius 2 is 1.96 bits per heavy atom. The van der Waals surface area contributed by atoms with Gasteiger partial charge in [-0.25, -0.2) is 17.5 Å². The van der Waals surface area contributed by atoms with Crippen molar-refractivity contribution in [3.8, 4) is 5.75 Å². The largest absolute Gasteiger partial charge is 0.490 e. The molecule has 1 N–H and O–H groups in total. The van der Waals surface area contributed by atoms with Gasteiger partial charge in [-0.1, -0.05) is 20.8 Å². The topological polar surface area (TPSA) is 72.5 Å². The summed E-state index contributed by atoms with van der Waals surface area (Å²) in [5, 5.41) is 0. The third kappa shape index (κ3) is 3.33. The van der Waals surface area contributed by atoms with Crippen molar-refractivity contribution in [1.82, 2.24) is 4.72 Å². The molecule has 3 aliphatic carbocycles. The molecule has 7 heteroatoms. The zero-order chi connectivity index (χ0) is 19.4. The van der Waals surface area contributed by atoms with Crippen LogP contribution in [0.2, 0.25) is 0 Å². The first-order valence-electron chi connectivity index (χ1n) is 8.89. The third-order valence-electron chi connectivity index (χ3n) is 6.35. The van der Waals surface area contributed by atoms with Crippen LogP contribution in [0.1, 0.15) is 49.5 Å². The van der Waals surface area contributed by atoms with Gasteiger partial charge in [-0.05, 0) is 54.6 Å². The van der Waals surface area contributed by atoms with E-state index in [1.165, 1.54) is 18.6 Å². The SMILES string of the molecule is Cc1cc(C(=O)NS(C)(=O)=O)c(F)cc1OC1CC2CC(C1C)C2(C)C. The van der Waals surface area contributed by atoms with Crippen molar-refractivity contribution in [1.29, 1.82) is 0 Å². The van der Waals surface area contributed by atoms with Crippen LogP contribution in [0.5, 0.6) is 5.75 Å². The number of rotatable bonds is 4. The highest BCUT2D eigenvalue weighted by atomic mass is 32.2. The molecule has 1 aromatic rings. The lowest BCUT2D eigenvalue weighted by atomic mass is 9.45. The number of fused-ring (bicyclic) bond motifs is 2. The summed E-state index contributed by atoms with van der Waals surface area (Å²) in [5.74, 6) is 0.254. The van der Waals surface area contributed by atoms with Gasteiger partial charge in [0, 0.05) is 6.07 Å². The number of nitrogens with one attached hydrogen (secondary N) is 1. The van der Waals surface area contributed by atoms with Crippen LogP contribution in [0.15, 0.2) is 12.1 Å². The molecule has 4 atom stereocenters. The lowest BCUT2D eigenvalue weighted by Crippen LogP contribution is -2.58. The Balaban J connectivity index is 1.78. The molecule has 26 heavy (non-hydrogen) atoms. The minimum Gasteiger partial charge on any atom is -0.490 e. The van der Waals surface area contributed by atoms with E-state index in [1.54, 1.807) is 11.6 Å². The van der Waals surface area contributed by atoms with Crippen LogP contribution < -0.4 is 9.46 Å². The second-order valence-corrected chi connectivity index (χ2v) is 10.2. The minimum absolute atomic E-state index is 0.0283. The van der Waals surface area contributed by atoms with Crippen LogP contribution in [0, 0.1) is 35.9 Å². The van der Waals surface area contributed by atoms with E-state index in [9.17, 15) is 17.6 Å². The highest BCUT2D eigenvalue weighted by molar-refractivity contribution is 7.89. The van der Waals surface area contributed by atoms with Crippen LogP contribution in [-0.2, 0) is 10.0 Å². The maximum Gasteiger partial charge on any atom is 0.267 e. The number of sulfonamides is 1. The lowest BCUT2D eigenvalue weighted by Gasteiger charge is -2.61. The van der Waals surface area contributed by atoms with Gasteiger partial charge >= 0.3 is 0 Å². The Morgan fingerprint density at radius 1 is 1.31 bits per heavy atom. The predicted octanol–water partition coefficient (Wildman–Crippen LogP) is 3.27. The maximum absolute atomic E-state index is 14.4. The fourth-order valence-corrected chi connectivity index (χ4v) is 5.06. The van der Waals surface area contributed by atoms with Crippen molar-refractivity contribution in [3.05, 3.63) is 29.1 Å². The van der Waals surface area contributed by atoms with Gasteiger partial charge in [-0.2, -0.15) is 0 Å². The summed E-state index contributed by atoms with van der Waals surface area (Å²) in [6, 6.07) is 2.52. The van der Waals surface area contributed by atoms with Gasteiger partial charge in [-0.15, -0.1) is 0 Å². The summed E-state index contributed by atoms with van der Waals surface area (Å²) in [7, 11) is -3.75. The molecule has 0 heterocycles. The van der Waals surface area contributed by atoms with Gasteiger partial charge in [0.2, 0.25) is 10.0 Å². The molecule has 4 unspecified atom stereocenters. The van der Waals surface area contributed by atoms with Gasteiger partial charge in [0.1, 0.15) is 17.7 Å². The van der Waals surface area contributed by atoms with Crippen LogP contribution in [0.25, 0.3) is 0 Å². The second kappa shape index (κ2) is 6.22. The molecule has 0 spiro atoms. The van der Waals surface area contributed by atoms with Crippen molar-refractivity contribution in [2.24, 2.45) is 23.2 Å². The highest BCUT2D eigenvalue weighted by Crippen LogP contribution is 2.61. The molecule has 1 amide bonds. The smallest absolute Gasteiger partial charge is 0.267 e. The summed E-state index contributed by atoms with van der Waals surface area (Å²) in [5.41, 5.74) is 0.643. The second-order valence-electron chi connectivity index (χ2n) is 8.41. The molecule has 2 bridgehead atoms. The van der Waals surface area contributed by atoms with E-state index >= 15 is 0 Å². The molecule has 0 aliphatic heterocycles. The molecule has 3 fully saturated rings. The van der Waals surface area contributed by atoms with Crippen LogP contribution in [0.3, 0.4) is 0 Å². The standard InChI is InChI=1S/C19H26FNO4S/c1-10-6-13(18(22)21-26(5,23)24)15(20)9-16(10)25-17-8-12-7-14(11(17)2)19(12,3)4/h6,9,11-12,14,17H,7-8H2,1-5H3,(H,21,22). The number of aryl methyl sites for hydroxylation is 1. The maximum atomic E-state index is 14.4. The third-order valence-corrected chi connectivity index (χ3v) is 6.91. The number of ether oxygens (including phenoxy) is 1. The van der Waals surface area contributed by atoms with E-state index in [0.717, 1.165) is 12.7 Å². The Bertz CT molecular complexity index is 849. The molecule has 3 aliphatic rings. The normalized spacial score (nSPS) is 29.6. The molecule has 0 saturated heterocycles. The van der Waals surface area contributed by atoms with E-state index in [-0.39, 0.29) is 11.7 Å². The molecule has 4 rings (SSSR count). The molecule has 5 nitrogen and oxygen atoms in total. The fourth-order valence-electron chi connectivity index (χ4n) is 4.61. The first-order chi connectivity index (χ1) is 11.9. The molecule has 0 radical (unpaired) electrons. The van der Waals surface area contributed by atoms with Gasteiger partial charge < -0.3 is 4.74 Å². The minimum atomic E-state index is -3.75. The van der Waals surface area contributed by atoms with Crippen molar-refractivity contribution in [2.45, 2.75) is 46.6 Å². The Kier molecular flexibility index (Phi) is 4.58. The van der Waals surface area contributed by atoms with E-state index in [2.05, 4.69) is 20.8 Å². The van der Waals surface area contributed by atoms with Crippen molar-refractivity contribution < 1.29 is 22.3 Å². The molecule has 144 valence electrons. The molecule has 0 aromatic heterocycles. The first-order valence-corrected chi connectivity index (χ1v) is 10.8. The predicted molar refractivity (Wildman–Crippen MR) is 97.0 cm³/mol. The van der Waals surface area contributed by atoms with Gasteiger partial charge in [0.15, 0.2) is 0 Å². The Labute approximate surface area is 154 Å². The lowest BCUT2D eigenvalue weighted by molar-refractivity contribution is -0.147. The van der Waals surface area contributed by atoms with Gasteiger partial charge in [0.05, 0.1) is 11.8 Å². The van der Waals surface area contributed by atoms with Crippen molar-refractivity contribution in [3.63, 3.8) is 0 Å². The fraction of sp³-hybridized carbons (Fsp3) is 0.632. The number of hydrogen-bond donors (Lipinski definition) is 1. The average Bonchev–Trinajstić information content (AvgIpc) is 2.49. The Hall–Kier alpha value is -1.63. The summed E-state index contributed by atoms with van der Waals surface area (Å²) in [6.45, 7) is 8.52. The zero-order valence-corrected chi connectivity index (χ0v) is 16.6. The number of carbonyl (C=O) groups excluding carboxylic acids is 1. The van der Waals surface area contributed by atoms with Crippen molar-refractivity contribution >= 4 is 15.9 Å². The van der Waals surface area contributed by atoms with E-state index in [1.807, 2.05) is 0 Å². The number of amides is 1. The van der Waals surface area contributed by atoms with Crippen LogP contribution in [0.4, 0.5) is 4.39 Å². The Morgan fingerprint density at radius 3 is 2.50 bits per heavy atom. The van der Waals surface area contributed by atoms with E-state index < -0.39 is 21.7 Å². The first kappa shape index (κ1) is 19.1. The number of halogens is 1. The van der Waals surface area contributed by atoms with Gasteiger partial charge in [0.25, 0.3) is 5.91 Å². The van der Waals surface area contributed by atoms with Crippen LogP contribution in [-0.4, -0.2) is 26.7 Å². The van der Waals surface area contributed by atoms with E-state index in [0.29, 0.717) is 34.5 Å². The van der Waals surface area contributed by atoms with Gasteiger partial charge in [-0.3, -0.25) is 4.79 Å². The summed E-state index contributed by atoms with van der Waals surface area (Å²) < 4.78 is 44.7. The molecule has 3 saturated carbocycles. The quantitative estimate of drug-likeness (QED) is 0.866. The molecular weight excluding hydrogens is 357 g/mol.